The molecule has 1 amide bonds. The van der Waals surface area contributed by atoms with Gasteiger partial charge in [0.05, 0.1) is 15.6 Å². The summed E-state index contributed by atoms with van der Waals surface area (Å²) in [7, 11) is 0. The number of para-hydroxylation sites is 1. The fraction of sp³-hybridized carbons (Fsp3) is 0. The second kappa shape index (κ2) is 7.59. The van der Waals surface area contributed by atoms with E-state index in [1.165, 1.54) is 24.3 Å². The van der Waals surface area contributed by atoms with Crippen LogP contribution in [0.4, 0.5) is 11.4 Å². The van der Waals surface area contributed by atoms with Gasteiger partial charge in [-0.25, -0.2) is 0 Å². The summed E-state index contributed by atoms with van der Waals surface area (Å²) >= 11 is 11.9. The normalized spacial score (nSPS) is 10.8. The summed E-state index contributed by atoms with van der Waals surface area (Å²) in [5.41, 5.74) is 0.0685. The molecule has 2 aromatic carbocycles. The Bertz CT molecular complexity index is 888. The van der Waals surface area contributed by atoms with Crippen molar-refractivity contribution < 1.29 is 9.72 Å². The molecule has 0 unspecified atom stereocenters. The first-order valence-electron chi connectivity index (χ1n) is 6.54. The highest BCUT2D eigenvalue weighted by Gasteiger charge is 2.14. The molecule has 0 spiro atoms. The zero-order valence-electron chi connectivity index (χ0n) is 12.0. The molecule has 0 fully saturated rings. The zero-order valence-corrected chi connectivity index (χ0v) is 13.5. The molecule has 24 heavy (non-hydrogen) atoms. The van der Waals surface area contributed by atoms with Gasteiger partial charge in [0.1, 0.15) is 11.6 Å². The second-order valence-corrected chi connectivity index (χ2v) is 5.38. The van der Waals surface area contributed by atoms with Gasteiger partial charge in [0.2, 0.25) is 0 Å². The third-order valence-electron chi connectivity index (χ3n) is 2.98. The van der Waals surface area contributed by atoms with Gasteiger partial charge in [-0.05, 0) is 24.3 Å². The maximum atomic E-state index is 12.2. The quantitative estimate of drug-likeness (QED) is 0.376. The lowest BCUT2D eigenvalue weighted by molar-refractivity contribution is -0.384. The highest BCUT2D eigenvalue weighted by atomic mass is 35.5. The topological polar surface area (TPSA) is 96.0 Å². The number of hydrogen-bond donors (Lipinski definition) is 1. The minimum absolute atomic E-state index is 0.180. The number of nitrogens with one attached hydrogen (secondary N) is 1. The van der Waals surface area contributed by atoms with Gasteiger partial charge in [-0.1, -0.05) is 35.3 Å². The van der Waals surface area contributed by atoms with Crippen LogP contribution < -0.4 is 5.32 Å². The zero-order chi connectivity index (χ0) is 17.7. The predicted molar refractivity (Wildman–Crippen MR) is 91.8 cm³/mol. The minimum atomic E-state index is -0.701. The van der Waals surface area contributed by atoms with Crippen LogP contribution in [0.3, 0.4) is 0 Å². The lowest BCUT2D eigenvalue weighted by Gasteiger charge is -2.06. The molecule has 2 rings (SSSR count). The van der Waals surface area contributed by atoms with Crippen molar-refractivity contribution in [3.63, 3.8) is 0 Å². The van der Waals surface area contributed by atoms with Crippen molar-refractivity contribution in [1.82, 2.24) is 0 Å². The number of nitro benzene ring substituents is 1. The smallest absolute Gasteiger partial charge is 0.270 e. The highest BCUT2D eigenvalue weighted by Crippen LogP contribution is 2.25. The van der Waals surface area contributed by atoms with Crippen molar-refractivity contribution in [3.05, 3.63) is 73.8 Å². The standard InChI is InChI=1S/C16H9Cl2N3O3/c17-13-6-5-12(21(23)24)8-10(13)7-11(9-19)16(22)20-15-4-2-1-3-14(15)18/h1-8H,(H,20,22)/b11-7+. The van der Waals surface area contributed by atoms with E-state index in [1.807, 2.05) is 0 Å². The van der Waals surface area contributed by atoms with Gasteiger partial charge in [0.15, 0.2) is 0 Å². The summed E-state index contributed by atoms with van der Waals surface area (Å²) in [5.74, 6) is -0.701. The number of hydrogen-bond acceptors (Lipinski definition) is 4. The van der Waals surface area contributed by atoms with E-state index >= 15 is 0 Å². The van der Waals surface area contributed by atoms with Crippen LogP contribution in [0.5, 0.6) is 0 Å². The van der Waals surface area contributed by atoms with E-state index in [9.17, 15) is 20.2 Å². The average Bonchev–Trinajstić information content (AvgIpc) is 2.55. The van der Waals surface area contributed by atoms with Gasteiger partial charge in [0, 0.05) is 22.7 Å². The number of halogens is 2. The van der Waals surface area contributed by atoms with Crippen molar-refractivity contribution >= 4 is 46.6 Å². The lowest BCUT2D eigenvalue weighted by Crippen LogP contribution is -2.13. The van der Waals surface area contributed by atoms with Crippen molar-refractivity contribution in [3.8, 4) is 6.07 Å². The molecule has 0 saturated carbocycles. The number of benzene rings is 2. The fourth-order valence-electron chi connectivity index (χ4n) is 1.81. The van der Waals surface area contributed by atoms with Crippen LogP contribution >= 0.6 is 23.2 Å². The number of carbonyl (C=O) groups excluding carboxylic acids is 1. The van der Waals surface area contributed by atoms with Gasteiger partial charge >= 0.3 is 0 Å². The lowest BCUT2D eigenvalue weighted by atomic mass is 10.1. The van der Waals surface area contributed by atoms with Crippen molar-refractivity contribution in [2.45, 2.75) is 0 Å². The number of nitro groups is 1. The van der Waals surface area contributed by atoms with Crippen LogP contribution in [0, 0.1) is 21.4 Å². The number of non-ortho nitro benzene ring substituents is 1. The van der Waals surface area contributed by atoms with Crippen molar-refractivity contribution in [2.75, 3.05) is 5.32 Å². The van der Waals surface area contributed by atoms with E-state index in [-0.39, 0.29) is 21.8 Å². The Kier molecular flexibility index (Phi) is 5.53. The number of anilines is 1. The molecule has 6 nitrogen and oxygen atoms in total. The Hall–Kier alpha value is -2.88. The van der Waals surface area contributed by atoms with Crippen molar-refractivity contribution in [2.24, 2.45) is 0 Å². The summed E-state index contributed by atoms with van der Waals surface area (Å²) in [4.78, 5) is 22.4. The van der Waals surface area contributed by atoms with Crippen LogP contribution in [-0.2, 0) is 4.79 Å². The maximum Gasteiger partial charge on any atom is 0.270 e. The molecule has 0 heterocycles. The van der Waals surface area contributed by atoms with Crippen LogP contribution in [0.25, 0.3) is 6.08 Å². The summed E-state index contributed by atoms with van der Waals surface area (Å²) in [6.45, 7) is 0. The number of nitriles is 1. The van der Waals surface area contributed by atoms with Gasteiger partial charge in [-0.3, -0.25) is 14.9 Å². The fourth-order valence-corrected chi connectivity index (χ4v) is 2.17. The molecule has 0 aliphatic carbocycles. The van der Waals surface area contributed by atoms with E-state index in [4.69, 9.17) is 23.2 Å². The molecule has 120 valence electrons. The number of carbonyl (C=O) groups is 1. The van der Waals surface area contributed by atoms with Gasteiger partial charge in [-0.2, -0.15) is 5.26 Å². The Morgan fingerprint density at radius 1 is 1.21 bits per heavy atom. The molecule has 0 atom stereocenters. The average molecular weight is 362 g/mol. The van der Waals surface area contributed by atoms with Crippen LogP contribution in [-0.4, -0.2) is 10.8 Å². The van der Waals surface area contributed by atoms with Crippen molar-refractivity contribution in [1.29, 1.82) is 5.26 Å². The monoisotopic (exact) mass is 361 g/mol. The first-order valence-corrected chi connectivity index (χ1v) is 7.29. The molecule has 0 saturated heterocycles. The van der Waals surface area contributed by atoms with Gasteiger partial charge in [0.25, 0.3) is 11.6 Å². The summed E-state index contributed by atoms with van der Waals surface area (Å²) in [6.07, 6.45) is 1.18. The van der Waals surface area contributed by atoms with E-state index in [0.29, 0.717) is 10.7 Å². The summed E-state index contributed by atoms with van der Waals surface area (Å²) in [6, 6.07) is 12.0. The molecular formula is C16H9Cl2N3O3. The number of nitrogens with zero attached hydrogens (tertiary/aromatic N) is 2. The molecule has 0 bridgehead atoms. The van der Waals surface area contributed by atoms with E-state index in [0.717, 1.165) is 0 Å². The van der Waals surface area contributed by atoms with Crippen LogP contribution in [0.2, 0.25) is 10.0 Å². The molecule has 1 N–H and O–H groups in total. The SMILES string of the molecule is N#C/C(=C\c1cc([N+](=O)[O-])ccc1Cl)C(=O)Nc1ccccc1Cl. The second-order valence-electron chi connectivity index (χ2n) is 4.57. The summed E-state index contributed by atoms with van der Waals surface area (Å²) in [5, 5.41) is 23.0. The minimum Gasteiger partial charge on any atom is -0.320 e. The molecular weight excluding hydrogens is 353 g/mol. The maximum absolute atomic E-state index is 12.2. The Labute approximate surface area is 147 Å². The third kappa shape index (κ3) is 4.10. The van der Waals surface area contributed by atoms with Gasteiger partial charge in [-0.15, -0.1) is 0 Å². The molecule has 0 aromatic heterocycles. The van der Waals surface area contributed by atoms with Gasteiger partial charge < -0.3 is 5.32 Å². The van der Waals surface area contributed by atoms with E-state index in [2.05, 4.69) is 5.32 Å². The molecule has 0 aliphatic rings. The largest absolute Gasteiger partial charge is 0.320 e. The van der Waals surface area contributed by atoms with Crippen LogP contribution in [0.1, 0.15) is 5.56 Å². The first kappa shape index (κ1) is 17.5. The first-order chi connectivity index (χ1) is 11.4. The molecule has 8 heteroatoms. The van der Waals surface area contributed by atoms with E-state index < -0.39 is 10.8 Å². The molecule has 0 aliphatic heterocycles. The number of amides is 1. The Morgan fingerprint density at radius 3 is 2.54 bits per heavy atom. The number of rotatable bonds is 4. The highest BCUT2D eigenvalue weighted by molar-refractivity contribution is 6.34. The third-order valence-corrected chi connectivity index (χ3v) is 3.65. The summed E-state index contributed by atoms with van der Waals surface area (Å²) < 4.78 is 0. The Morgan fingerprint density at radius 2 is 1.92 bits per heavy atom. The molecule has 2 aromatic rings. The predicted octanol–water partition coefficient (Wildman–Crippen LogP) is 4.45. The molecule has 0 radical (unpaired) electrons. The van der Waals surface area contributed by atoms with Crippen LogP contribution in [0.15, 0.2) is 48.0 Å². The van der Waals surface area contributed by atoms with E-state index in [1.54, 1.807) is 30.3 Å². The Balaban J connectivity index is 2.34.